The van der Waals surface area contributed by atoms with E-state index in [4.69, 9.17) is 5.73 Å². The van der Waals surface area contributed by atoms with Gasteiger partial charge in [-0.1, -0.05) is 25.3 Å². The molecule has 0 saturated heterocycles. The zero-order chi connectivity index (χ0) is 15.7. The molecule has 1 fully saturated rings. The Morgan fingerprint density at radius 1 is 1.09 bits per heavy atom. The van der Waals surface area contributed by atoms with Crippen molar-refractivity contribution in [3.05, 3.63) is 34.2 Å². The van der Waals surface area contributed by atoms with Gasteiger partial charge in [-0.05, 0) is 50.3 Å². The Labute approximate surface area is 131 Å². The number of nitrogens with zero attached hydrogens (tertiary/aromatic N) is 2. The maximum absolute atomic E-state index is 12.4. The van der Waals surface area contributed by atoms with Gasteiger partial charge in [-0.2, -0.15) is 0 Å². The lowest BCUT2D eigenvalue weighted by Gasteiger charge is -2.27. The van der Waals surface area contributed by atoms with Gasteiger partial charge in [-0.25, -0.2) is 4.79 Å². The van der Waals surface area contributed by atoms with Crippen LogP contribution in [0.15, 0.2) is 23.0 Å². The number of benzene rings is 1. The minimum atomic E-state index is 0.0865. The molecule has 3 rings (SSSR count). The molecule has 1 aliphatic rings. The van der Waals surface area contributed by atoms with Crippen molar-refractivity contribution in [2.75, 3.05) is 0 Å². The summed E-state index contributed by atoms with van der Waals surface area (Å²) in [7, 11) is 0. The van der Waals surface area contributed by atoms with E-state index in [0.717, 1.165) is 11.0 Å². The minimum Gasteiger partial charge on any atom is -0.324 e. The van der Waals surface area contributed by atoms with Crippen molar-refractivity contribution in [3.63, 3.8) is 0 Å². The SMILES string of the molecule is CCn1c(=O)n(CC)c2cc(C(N)C3CCCCC3)ccc21. The smallest absolute Gasteiger partial charge is 0.324 e. The molecule has 1 atom stereocenters. The fourth-order valence-corrected chi connectivity index (χ4v) is 3.92. The number of aromatic nitrogens is 2. The second-order valence-electron chi connectivity index (χ2n) is 6.44. The van der Waals surface area contributed by atoms with Gasteiger partial charge in [0.2, 0.25) is 0 Å². The average Bonchev–Trinajstić information content (AvgIpc) is 2.84. The van der Waals surface area contributed by atoms with E-state index in [-0.39, 0.29) is 11.7 Å². The first-order chi connectivity index (χ1) is 10.7. The Morgan fingerprint density at radius 2 is 1.73 bits per heavy atom. The number of hydrogen-bond donors (Lipinski definition) is 1. The van der Waals surface area contributed by atoms with E-state index < -0.39 is 0 Å². The molecule has 1 aromatic carbocycles. The average molecular weight is 301 g/mol. The molecule has 0 aliphatic heterocycles. The summed E-state index contributed by atoms with van der Waals surface area (Å²) >= 11 is 0. The fraction of sp³-hybridized carbons (Fsp3) is 0.611. The molecule has 4 nitrogen and oxygen atoms in total. The maximum Gasteiger partial charge on any atom is 0.329 e. The zero-order valence-electron chi connectivity index (χ0n) is 13.7. The molecule has 1 saturated carbocycles. The van der Waals surface area contributed by atoms with E-state index in [1.54, 1.807) is 0 Å². The van der Waals surface area contributed by atoms with Gasteiger partial charge in [0.05, 0.1) is 11.0 Å². The third kappa shape index (κ3) is 2.50. The lowest BCUT2D eigenvalue weighted by Crippen LogP contribution is -2.23. The zero-order valence-corrected chi connectivity index (χ0v) is 13.7. The molecule has 4 heteroatoms. The van der Waals surface area contributed by atoms with Crippen LogP contribution in [0.25, 0.3) is 11.0 Å². The number of imidazole rings is 1. The molecular formula is C18H27N3O. The number of nitrogens with two attached hydrogens (primary N) is 1. The Morgan fingerprint density at radius 3 is 2.36 bits per heavy atom. The molecule has 1 aromatic heterocycles. The lowest BCUT2D eigenvalue weighted by atomic mass is 9.81. The quantitative estimate of drug-likeness (QED) is 0.940. The highest BCUT2D eigenvalue weighted by Crippen LogP contribution is 2.33. The van der Waals surface area contributed by atoms with Gasteiger partial charge < -0.3 is 5.73 Å². The van der Waals surface area contributed by atoms with Gasteiger partial charge >= 0.3 is 5.69 Å². The van der Waals surface area contributed by atoms with Gasteiger partial charge in [-0.3, -0.25) is 9.13 Å². The molecule has 22 heavy (non-hydrogen) atoms. The molecule has 0 radical (unpaired) electrons. The van der Waals surface area contributed by atoms with Crippen LogP contribution >= 0.6 is 0 Å². The normalized spacial score (nSPS) is 18.0. The molecule has 0 bridgehead atoms. The van der Waals surface area contributed by atoms with Crippen molar-refractivity contribution < 1.29 is 0 Å². The van der Waals surface area contributed by atoms with Crippen LogP contribution < -0.4 is 11.4 Å². The van der Waals surface area contributed by atoms with Crippen molar-refractivity contribution in [2.45, 2.75) is 65.1 Å². The van der Waals surface area contributed by atoms with Gasteiger partial charge in [0.1, 0.15) is 0 Å². The van der Waals surface area contributed by atoms with E-state index in [1.165, 1.54) is 37.7 Å². The van der Waals surface area contributed by atoms with E-state index in [9.17, 15) is 4.79 Å². The largest absolute Gasteiger partial charge is 0.329 e. The van der Waals surface area contributed by atoms with Gasteiger partial charge in [0, 0.05) is 19.1 Å². The summed E-state index contributed by atoms with van der Waals surface area (Å²) in [6.45, 7) is 5.44. The van der Waals surface area contributed by atoms with Crippen molar-refractivity contribution in [1.29, 1.82) is 0 Å². The van der Waals surface area contributed by atoms with Crippen LogP contribution in [0.1, 0.15) is 57.6 Å². The molecule has 1 unspecified atom stereocenters. The Kier molecular flexibility index (Phi) is 4.39. The van der Waals surface area contributed by atoms with Gasteiger partial charge in [-0.15, -0.1) is 0 Å². The van der Waals surface area contributed by atoms with E-state index in [0.29, 0.717) is 19.0 Å². The molecular weight excluding hydrogens is 274 g/mol. The summed E-state index contributed by atoms with van der Waals surface area (Å²) in [6.07, 6.45) is 6.40. The van der Waals surface area contributed by atoms with Crippen molar-refractivity contribution in [3.8, 4) is 0 Å². The molecule has 1 heterocycles. The first kappa shape index (κ1) is 15.3. The molecule has 1 aliphatic carbocycles. The lowest BCUT2D eigenvalue weighted by molar-refractivity contribution is 0.308. The molecule has 120 valence electrons. The number of rotatable bonds is 4. The molecule has 2 N–H and O–H groups in total. The third-order valence-corrected chi connectivity index (χ3v) is 5.22. The van der Waals surface area contributed by atoms with Gasteiger partial charge in [0.25, 0.3) is 0 Å². The van der Waals surface area contributed by atoms with Crippen LogP contribution in [0.2, 0.25) is 0 Å². The summed E-state index contributed by atoms with van der Waals surface area (Å²) in [5.41, 5.74) is 9.85. The topological polar surface area (TPSA) is 53.0 Å². The standard InChI is InChI=1S/C18H27N3O/c1-3-20-15-11-10-14(12-16(15)21(4-2)18(20)22)17(19)13-8-6-5-7-9-13/h10-13,17H,3-9,19H2,1-2H3. The van der Waals surface area contributed by atoms with E-state index in [2.05, 4.69) is 18.2 Å². The highest BCUT2D eigenvalue weighted by atomic mass is 16.1. The first-order valence-electron chi connectivity index (χ1n) is 8.66. The third-order valence-electron chi connectivity index (χ3n) is 5.22. The second kappa shape index (κ2) is 6.29. The molecule has 2 aromatic rings. The summed E-state index contributed by atoms with van der Waals surface area (Å²) < 4.78 is 3.70. The maximum atomic E-state index is 12.4. The van der Waals surface area contributed by atoms with Crippen molar-refractivity contribution >= 4 is 11.0 Å². The Hall–Kier alpha value is -1.55. The predicted molar refractivity (Wildman–Crippen MR) is 91.0 cm³/mol. The minimum absolute atomic E-state index is 0.0865. The number of hydrogen-bond acceptors (Lipinski definition) is 2. The molecule has 0 amide bonds. The first-order valence-corrected chi connectivity index (χ1v) is 8.66. The summed E-state index contributed by atoms with van der Waals surface area (Å²) in [5, 5.41) is 0. The van der Waals surface area contributed by atoms with Crippen LogP contribution in [-0.2, 0) is 13.1 Å². The Balaban J connectivity index is 2.03. The van der Waals surface area contributed by atoms with Crippen LogP contribution in [0.4, 0.5) is 0 Å². The number of fused-ring (bicyclic) bond motifs is 1. The predicted octanol–water partition coefficient (Wildman–Crippen LogP) is 3.42. The highest BCUT2D eigenvalue weighted by Gasteiger charge is 2.23. The van der Waals surface area contributed by atoms with Crippen molar-refractivity contribution in [2.24, 2.45) is 11.7 Å². The summed E-state index contributed by atoms with van der Waals surface area (Å²) in [5.74, 6) is 0.584. The monoisotopic (exact) mass is 301 g/mol. The van der Waals surface area contributed by atoms with Crippen molar-refractivity contribution in [1.82, 2.24) is 9.13 Å². The summed E-state index contributed by atoms with van der Waals surface area (Å²) in [4.78, 5) is 12.4. The molecule has 0 spiro atoms. The van der Waals surface area contributed by atoms with E-state index in [1.807, 2.05) is 23.0 Å². The highest BCUT2D eigenvalue weighted by molar-refractivity contribution is 5.77. The second-order valence-corrected chi connectivity index (χ2v) is 6.44. The Bertz CT molecular complexity index is 707. The van der Waals surface area contributed by atoms with Crippen LogP contribution in [-0.4, -0.2) is 9.13 Å². The fourth-order valence-electron chi connectivity index (χ4n) is 3.92. The van der Waals surface area contributed by atoms with Crippen LogP contribution in [0.3, 0.4) is 0 Å². The summed E-state index contributed by atoms with van der Waals surface area (Å²) in [6, 6.07) is 6.43. The van der Waals surface area contributed by atoms with E-state index >= 15 is 0 Å². The van der Waals surface area contributed by atoms with Crippen LogP contribution in [0.5, 0.6) is 0 Å². The number of aryl methyl sites for hydroxylation is 2. The van der Waals surface area contributed by atoms with Gasteiger partial charge in [0.15, 0.2) is 0 Å². The van der Waals surface area contributed by atoms with Crippen LogP contribution in [0, 0.1) is 5.92 Å².